The summed E-state index contributed by atoms with van der Waals surface area (Å²) in [4.78, 5) is 0. The van der Waals surface area contributed by atoms with Gasteiger partial charge in [0.25, 0.3) is 6.43 Å². The summed E-state index contributed by atoms with van der Waals surface area (Å²) in [5, 5.41) is 11.6. The minimum atomic E-state index is -2.36. The SMILES string of the molecule is OCC(NCC(F)F)C1CCOC1. The second kappa shape index (κ2) is 5.47. The minimum Gasteiger partial charge on any atom is -0.395 e. The molecule has 0 aliphatic carbocycles. The molecule has 0 saturated carbocycles. The Balaban J connectivity index is 2.24. The molecule has 78 valence electrons. The third-order valence-electron chi connectivity index (χ3n) is 2.26. The van der Waals surface area contributed by atoms with E-state index >= 15 is 0 Å². The van der Waals surface area contributed by atoms with Crippen molar-refractivity contribution in [2.45, 2.75) is 18.9 Å². The van der Waals surface area contributed by atoms with Crippen molar-refractivity contribution in [1.29, 1.82) is 0 Å². The van der Waals surface area contributed by atoms with Crippen molar-refractivity contribution < 1.29 is 18.6 Å². The van der Waals surface area contributed by atoms with Crippen LogP contribution in [0.5, 0.6) is 0 Å². The van der Waals surface area contributed by atoms with Gasteiger partial charge in [-0.25, -0.2) is 8.78 Å². The number of alkyl halides is 2. The highest BCUT2D eigenvalue weighted by molar-refractivity contribution is 4.78. The molecule has 3 nitrogen and oxygen atoms in total. The first kappa shape index (κ1) is 10.8. The Bertz CT molecular complexity index is 140. The predicted octanol–water partition coefficient (Wildman–Crippen LogP) is 0.238. The van der Waals surface area contributed by atoms with E-state index in [9.17, 15) is 8.78 Å². The van der Waals surface area contributed by atoms with Gasteiger partial charge in [0.15, 0.2) is 0 Å². The second-order valence-corrected chi connectivity index (χ2v) is 3.21. The number of rotatable bonds is 5. The van der Waals surface area contributed by atoms with E-state index in [1.54, 1.807) is 0 Å². The van der Waals surface area contributed by atoms with Crippen LogP contribution >= 0.6 is 0 Å². The molecule has 0 bridgehead atoms. The maximum Gasteiger partial charge on any atom is 0.250 e. The van der Waals surface area contributed by atoms with Gasteiger partial charge in [0.2, 0.25) is 0 Å². The minimum absolute atomic E-state index is 0.110. The average molecular weight is 195 g/mol. The van der Waals surface area contributed by atoms with Gasteiger partial charge in [-0.15, -0.1) is 0 Å². The van der Waals surface area contributed by atoms with Gasteiger partial charge in [0.05, 0.1) is 19.8 Å². The van der Waals surface area contributed by atoms with Crippen LogP contribution in [0.4, 0.5) is 8.78 Å². The standard InChI is InChI=1S/C8H15F2NO2/c9-8(10)3-11-7(4-12)6-1-2-13-5-6/h6-8,11-12H,1-5H2. The molecular formula is C8H15F2NO2. The van der Waals surface area contributed by atoms with E-state index in [2.05, 4.69) is 5.32 Å². The van der Waals surface area contributed by atoms with Crippen molar-refractivity contribution in [2.75, 3.05) is 26.4 Å². The first-order chi connectivity index (χ1) is 6.24. The van der Waals surface area contributed by atoms with Gasteiger partial charge in [0, 0.05) is 18.6 Å². The summed E-state index contributed by atoms with van der Waals surface area (Å²) < 4.78 is 28.8. The van der Waals surface area contributed by atoms with Crippen LogP contribution in [0.3, 0.4) is 0 Å². The molecule has 1 heterocycles. The Labute approximate surface area is 76.1 Å². The summed E-state index contributed by atoms with van der Waals surface area (Å²) in [6.45, 7) is 0.751. The second-order valence-electron chi connectivity index (χ2n) is 3.21. The molecule has 0 aromatic heterocycles. The van der Waals surface area contributed by atoms with Crippen LogP contribution in [0, 0.1) is 5.92 Å². The van der Waals surface area contributed by atoms with Gasteiger partial charge in [-0.2, -0.15) is 0 Å². The first-order valence-electron chi connectivity index (χ1n) is 4.44. The van der Waals surface area contributed by atoms with Crippen molar-refractivity contribution in [1.82, 2.24) is 5.32 Å². The van der Waals surface area contributed by atoms with Crippen LogP contribution in [0.1, 0.15) is 6.42 Å². The van der Waals surface area contributed by atoms with E-state index in [0.29, 0.717) is 13.2 Å². The lowest BCUT2D eigenvalue weighted by atomic mass is 10.00. The summed E-state index contributed by atoms with van der Waals surface area (Å²) in [5.74, 6) is 0.170. The molecule has 1 fully saturated rings. The Kier molecular flexibility index (Phi) is 4.55. The van der Waals surface area contributed by atoms with E-state index in [1.165, 1.54) is 0 Å². The maximum atomic E-state index is 11.8. The zero-order valence-corrected chi connectivity index (χ0v) is 7.38. The summed E-state index contributed by atoms with van der Waals surface area (Å²) >= 11 is 0. The quantitative estimate of drug-likeness (QED) is 0.660. The molecule has 1 saturated heterocycles. The van der Waals surface area contributed by atoms with E-state index in [-0.39, 0.29) is 25.1 Å². The normalized spacial score (nSPS) is 25.4. The van der Waals surface area contributed by atoms with Crippen molar-refractivity contribution in [3.8, 4) is 0 Å². The zero-order valence-electron chi connectivity index (χ0n) is 7.38. The van der Waals surface area contributed by atoms with Crippen molar-refractivity contribution in [3.63, 3.8) is 0 Å². The summed E-state index contributed by atoms with van der Waals surface area (Å²) in [5.41, 5.74) is 0. The Morgan fingerprint density at radius 2 is 2.31 bits per heavy atom. The van der Waals surface area contributed by atoms with Crippen LogP contribution in [0.2, 0.25) is 0 Å². The fraction of sp³-hybridized carbons (Fsp3) is 1.00. The molecule has 0 radical (unpaired) electrons. The molecule has 0 aromatic rings. The molecule has 13 heavy (non-hydrogen) atoms. The number of aliphatic hydroxyl groups is 1. The number of halogens is 2. The van der Waals surface area contributed by atoms with Crippen LogP contribution in [-0.2, 0) is 4.74 Å². The van der Waals surface area contributed by atoms with E-state index in [4.69, 9.17) is 9.84 Å². The molecule has 2 atom stereocenters. The number of hydrogen-bond donors (Lipinski definition) is 2. The van der Waals surface area contributed by atoms with Crippen LogP contribution in [-0.4, -0.2) is 43.9 Å². The van der Waals surface area contributed by atoms with Gasteiger partial charge >= 0.3 is 0 Å². The monoisotopic (exact) mass is 195 g/mol. The zero-order chi connectivity index (χ0) is 9.68. The highest BCUT2D eigenvalue weighted by atomic mass is 19.3. The Morgan fingerprint density at radius 1 is 1.54 bits per heavy atom. The molecule has 2 N–H and O–H groups in total. The molecule has 0 amide bonds. The van der Waals surface area contributed by atoms with Gasteiger partial charge in [-0.3, -0.25) is 0 Å². The first-order valence-corrected chi connectivity index (χ1v) is 4.44. The van der Waals surface area contributed by atoms with Crippen LogP contribution in [0.25, 0.3) is 0 Å². The van der Waals surface area contributed by atoms with Gasteiger partial charge in [-0.1, -0.05) is 0 Å². The van der Waals surface area contributed by atoms with Crippen molar-refractivity contribution in [3.05, 3.63) is 0 Å². The molecule has 1 aliphatic rings. The topological polar surface area (TPSA) is 41.5 Å². The molecule has 2 unspecified atom stereocenters. The lowest BCUT2D eigenvalue weighted by molar-refractivity contribution is 0.115. The lowest BCUT2D eigenvalue weighted by Crippen LogP contribution is -2.41. The largest absolute Gasteiger partial charge is 0.395 e. The van der Waals surface area contributed by atoms with Crippen molar-refractivity contribution in [2.24, 2.45) is 5.92 Å². The third kappa shape index (κ3) is 3.54. The van der Waals surface area contributed by atoms with Crippen LogP contribution < -0.4 is 5.32 Å². The fourth-order valence-corrected chi connectivity index (χ4v) is 1.49. The lowest BCUT2D eigenvalue weighted by Gasteiger charge is -2.21. The smallest absolute Gasteiger partial charge is 0.250 e. The highest BCUT2D eigenvalue weighted by Crippen LogP contribution is 2.16. The average Bonchev–Trinajstić information content (AvgIpc) is 2.58. The van der Waals surface area contributed by atoms with E-state index < -0.39 is 6.43 Å². The molecule has 1 aliphatic heterocycles. The summed E-state index contributed by atoms with van der Waals surface area (Å²) in [6.07, 6.45) is -1.53. The number of hydrogen-bond acceptors (Lipinski definition) is 3. The van der Waals surface area contributed by atoms with Gasteiger partial charge < -0.3 is 15.2 Å². The fourth-order valence-electron chi connectivity index (χ4n) is 1.49. The molecular weight excluding hydrogens is 180 g/mol. The van der Waals surface area contributed by atoms with E-state index in [1.807, 2.05) is 0 Å². The maximum absolute atomic E-state index is 11.8. The molecule has 1 rings (SSSR count). The molecule has 0 spiro atoms. The molecule has 0 aromatic carbocycles. The van der Waals surface area contributed by atoms with Gasteiger partial charge in [-0.05, 0) is 6.42 Å². The van der Waals surface area contributed by atoms with E-state index in [0.717, 1.165) is 6.42 Å². The third-order valence-corrected chi connectivity index (χ3v) is 2.26. The number of aliphatic hydroxyl groups excluding tert-OH is 1. The highest BCUT2D eigenvalue weighted by Gasteiger charge is 2.25. The Hall–Kier alpha value is -0.260. The molecule has 5 heteroatoms. The number of ether oxygens (including phenoxy) is 1. The number of nitrogens with one attached hydrogen (secondary N) is 1. The Morgan fingerprint density at radius 3 is 2.77 bits per heavy atom. The van der Waals surface area contributed by atoms with Crippen LogP contribution in [0.15, 0.2) is 0 Å². The van der Waals surface area contributed by atoms with Crippen molar-refractivity contribution >= 4 is 0 Å². The summed E-state index contributed by atoms with van der Waals surface area (Å²) in [7, 11) is 0. The predicted molar refractivity (Wildman–Crippen MR) is 43.8 cm³/mol. The van der Waals surface area contributed by atoms with Gasteiger partial charge in [0.1, 0.15) is 0 Å². The summed E-state index contributed by atoms with van der Waals surface area (Å²) in [6, 6.07) is -0.253.